The number of likely N-dealkylation sites (N-methyl/N-ethyl adjacent to an activating group) is 1. The molecular formula is C54H100NO7P. The van der Waals surface area contributed by atoms with Crippen LogP contribution in [0.15, 0.2) is 60.8 Å². The van der Waals surface area contributed by atoms with Gasteiger partial charge in [-0.05, 0) is 57.8 Å². The number of quaternary nitrogens is 1. The van der Waals surface area contributed by atoms with E-state index < -0.39 is 13.9 Å². The molecule has 9 heteroatoms. The zero-order valence-corrected chi connectivity index (χ0v) is 42.7. The first-order chi connectivity index (χ1) is 30.6. The Hall–Kier alpha value is -1.80. The fourth-order valence-corrected chi connectivity index (χ4v) is 7.83. The maximum Gasteiger partial charge on any atom is 0.306 e. The second-order valence-corrected chi connectivity index (χ2v) is 19.9. The lowest BCUT2D eigenvalue weighted by Gasteiger charge is -2.28. The van der Waals surface area contributed by atoms with Crippen LogP contribution in [0.3, 0.4) is 0 Å². The molecule has 0 aromatic heterocycles. The topological polar surface area (TPSA) is 94.1 Å². The number of hydrogen-bond donors (Lipinski definition) is 0. The maximum atomic E-state index is 12.7. The molecule has 0 N–H and O–H groups in total. The van der Waals surface area contributed by atoms with Gasteiger partial charge in [-0.15, -0.1) is 0 Å². The SMILES string of the molecule is CC/C=C\C/C=C\C/C=C\C/C=C\C/C=C\CCCCCCCC(=O)OC(COCCCCCCCCCCCCCCCCCCCCCC)COP(=O)([O-])OCC[N+](C)(C)C. The van der Waals surface area contributed by atoms with Crippen molar-refractivity contribution >= 4 is 13.8 Å². The van der Waals surface area contributed by atoms with Gasteiger partial charge < -0.3 is 27.9 Å². The number of phosphoric acid groups is 1. The third-order valence-electron chi connectivity index (χ3n) is 11.1. The van der Waals surface area contributed by atoms with Crippen molar-refractivity contribution in [1.29, 1.82) is 0 Å². The van der Waals surface area contributed by atoms with E-state index in [-0.39, 0.29) is 25.8 Å². The van der Waals surface area contributed by atoms with Gasteiger partial charge >= 0.3 is 5.97 Å². The van der Waals surface area contributed by atoms with Gasteiger partial charge in [0.15, 0.2) is 0 Å². The normalized spacial score (nSPS) is 14.1. The predicted molar refractivity (Wildman–Crippen MR) is 268 cm³/mol. The van der Waals surface area contributed by atoms with Gasteiger partial charge in [-0.3, -0.25) is 9.36 Å². The Balaban J connectivity index is 4.17. The number of ether oxygens (including phenoxy) is 2. The summed E-state index contributed by atoms with van der Waals surface area (Å²) in [6, 6.07) is 0. The van der Waals surface area contributed by atoms with Crippen molar-refractivity contribution in [2.45, 2.75) is 225 Å². The molecule has 0 aliphatic carbocycles. The van der Waals surface area contributed by atoms with E-state index in [9.17, 15) is 14.3 Å². The number of nitrogens with zero attached hydrogens (tertiary/aromatic N) is 1. The van der Waals surface area contributed by atoms with Crippen LogP contribution in [0.5, 0.6) is 0 Å². The van der Waals surface area contributed by atoms with E-state index in [1.807, 2.05) is 21.1 Å². The molecule has 0 aromatic carbocycles. The summed E-state index contributed by atoms with van der Waals surface area (Å²) < 4.78 is 34.7. The first kappa shape index (κ1) is 61.2. The number of esters is 1. The van der Waals surface area contributed by atoms with E-state index in [0.29, 0.717) is 24.1 Å². The van der Waals surface area contributed by atoms with E-state index >= 15 is 0 Å². The van der Waals surface area contributed by atoms with E-state index in [0.717, 1.165) is 83.5 Å². The molecule has 0 amide bonds. The van der Waals surface area contributed by atoms with E-state index in [2.05, 4.69) is 74.6 Å². The molecule has 0 saturated heterocycles. The molecule has 0 fully saturated rings. The first-order valence-electron chi connectivity index (χ1n) is 26.0. The van der Waals surface area contributed by atoms with Crippen LogP contribution >= 0.6 is 7.82 Å². The Morgan fingerprint density at radius 1 is 0.508 bits per heavy atom. The molecule has 0 bridgehead atoms. The highest BCUT2D eigenvalue weighted by molar-refractivity contribution is 7.45. The molecule has 0 aliphatic rings. The fraction of sp³-hybridized carbons (Fsp3) is 0.796. The van der Waals surface area contributed by atoms with Crippen LogP contribution in [0.2, 0.25) is 0 Å². The van der Waals surface area contributed by atoms with Crippen LogP contribution in [0, 0.1) is 0 Å². The molecule has 0 aromatic rings. The van der Waals surface area contributed by atoms with Crippen molar-refractivity contribution in [1.82, 2.24) is 0 Å². The summed E-state index contributed by atoms with van der Waals surface area (Å²) in [5.74, 6) is -0.350. The Morgan fingerprint density at radius 2 is 0.921 bits per heavy atom. The molecule has 0 aliphatic heterocycles. The minimum absolute atomic E-state index is 0.0208. The van der Waals surface area contributed by atoms with Gasteiger partial charge in [0.1, 0.15) is 19.3 Å². The average molecular weight is 906 g/mol. The van der Waals surface area contributed by atoms with Crippen LogP contribution in [0.25, 0.3) is 0 Å². The fourth-order valence-electron chi connectivity index (χ4n) is 7.10. The van der Waals surface area contributed by atoms with Crippen molar-refractivity contribution < 1.29 is 37.3 Å². The van der Waals surface area contributed by atoms with Gasteiger partial charge in [0.25, 0.3) is 7.82 Å². The third kappa shape index (κ3) is 51.1. The minimum Gasteiger partial charge on any atom is -0.756 e. The van der Waals surface area contributed by atoms with E-state index in [4.69, 9.17) is 18.5 Å². The van der Waals surface area contributed by atoms with Crippen molar-refractivity contribution in [3.8, 4) is 0 Å². The second kappa shape index (κ2) is 46.7. The minimum atomic E-state index is -4.54. The molecule has 0 rings (SSSR count). The van der Waals surface area contributed by atoms with Crippen LogP contribution in [-0.2, 0) is 27.9 Å². The maximum absolute atomic E-state index is 12.7. The van der Waals surface area contributed by atoms with Crippen LogP contribution < -0.4 is 4.89 Å². The lowest BCUT2D eigenvalue weighted by molar-refractivity contribution is -0.870. The number of phosphoric ester groups is 1. The van der Waals surface area contributed by atoms with Crippen molar-refractivity contribution in [3.63, 3.8) is 0 Å². The predicted octanol–water partition coefficient (Wildman–Crippen LogP) is 15.4. The highest BCUT2D eigenvalue weighted by Gasteiger charge is 2.20. The van der Waals surface area contributed by atoms with Crippen molar-refractivity contribution in [2.24, 2.45) is 0 Å². The van der Waals surface area contributed by atoms with Gasteiger partial charge in [-0.2, -0.15) is 0 Å². The van der Waals surface area contributed by atoms with Gasteiger partial charge in [0.05, 0.1) is 34.4 Å². The van der Waals surface area contributed by atoms with Crippen LogP contribution in [-0.4, -0.2) is 70.7 Å². The number of unbranched alkanes of at least 4 members (excludes halogenated alkanes) is 24. The Kier molecular flexibility index (Phi) is 45.4. The number of carbonyl (C=O) groups is 1. The number of hydrogen-bond acceptors (Lipinski definition) is 7. The van der Waals surface area contributed by atoms with Crippen LogP contribution in [0.1, 0.15) is 219 Å². The van der Waals surface area contributed by atoms with Crippen LogP contribution in [0.4, 0.5) is 0 Å². The zero-order chi connectivity index (χ0) is 46.2. The molecular weight excluding hydrogens is 806 g/mol. The molecule has 0 heterocycles. The summed E-state index contributed by atoms with van der Waals surface area (Å²) in [6.45, 7) is 5.30. The van der Waals surface area contributed by atoms with Gasteiger partial charge in [0, 0.05) is 13.0 Å². The Bertz CT molecular complexity index is 1190. The van der Waals surface area contributed by atoms with Crippen molar-refractivity contribution in [2.75, 3.05) is 54.1 Å². The summed E-state index contributed by atoms with van der Waals surface area (Å²) >= 11 is 0. The lowest BCUT2D eigenvalue weighted by Crippen LogP contribution is -2.37. The van der Waals surface area contributed by atoms with E-state index in [1.165, 1.54) is 116 Å². The molecule has 2 unspecified atom stereocenters. The van der Waals surface area contributed by atoms with Gasteiger partial charge in [-0.1, -0.05) is 216 Å². The summed E-state index contributed by atoms with van der Waals surface area (Å²) in [6.07, 6.45) is 59.6. The quantitative estimate of drug-likeness (QED) is 0.0197. The molecule has 0 radical (unpaired) electrons. The van der Waals surface area contributed by atoms with Crippen molar-refractivity contribution in [3.05, 3.63) is 60.8 Å². The molecule has 0 saturated carbocycles. The zero-order valence-electron chi connectivity index (χ0n) is 41.8. The first-order valence-corrected chi connectivity index (χ1v) is 27.5. The van der Waals surface area contributed by atoms with E-state index in [1.54, 1.807) is 0 Å². The highest BCUT2D eigenvalue weighted by Crippen LogP contribution is 2.38. The highest BCUT2D eigenvalue weighted by atomic mass is 31.2. The summed E-state index contributed by atoms with van der Waals surface area (Å²) in [5, 5.41) is 0. The molecule has 0 spiro atoms. The molecule has 2 atom stereocenters. The summed E-state index contributed by atoms with van der Waals surface area (Å²) in [5.41, 5.74) is 0. The third-order valence-corrected chi connectivity index (χ3v) is 12.0. The van der Waals surface area contributed by atoms with Gasteiger partial charge in [-0.25, -0.2) is 0 Å². The molecule has 368 valence electrons. The lowest BCUT2D eigenvalue weighted by atomic mass is 10.0. The average Bonchev–Trinajstić information content (AvgIpc) is 3.24. The standard InChI is InChI=1S/C54H100NO7P/c1-6-8-10-12-14-16-18-20-22-24-26-28-29-31-33-35-37-39-41-43-45-47-54(56)62-53(52-61-63(57,58)60-50-48-55(3,4)5)51-59-49-46-44-42-40-38-36-34-32-30-27-25-23-21-19-17-15-13-11-9-7-2/h8,10,14,16,20,22,26,28,31,33,53H,6-7,9,11-13,15,17-19,21,23-25,27,29-30,32,34-52H2,1-5H3/b10-8-,16-14-,22-20-,28-26-,33-31-. The number of carbonyl (C=O) groups excluding carboxylic acids is 1. The largest absolute Gasteiger partial charge is 0.756 e. The monoisotopic (exact) mass is 906 g/mol. The Labute approximate surface area is 390 Å². The van der Waals surface area contributed by atoms with Gasteiger partial charge in [0.2, 0.25) is 0 Å². The second-order valence-electron chi connectivity index (χ2n) is 18.5. The Morgan fingerprint density at radius 3 is 1.38 bits per heavy atom. The summed E-state index contributed by atoms with van der Waals surface area (Å²) in [7, 11) is 1.34. The number of rotatable bonds is 48. The number of allylic oxidation sites excluding steroid dienone is 10. The molecule has 8 nitrogen and oxygen atoms in total. The summed E-state index contributed by atoms with van der Waals surface area (Å²) in [4.78, 5) is 25.2. The molecule has 63 heavy (non-hydrogen) atoms. The smallest absolute Gasteiger partial charge is 0.306 e.